The van der Waals surface area contributed by atoms with Crippen LogP contribution >= 0.6 is 0 Å². The first kappa shape index (κ1) is 22.3. The molecule has 4 N–H and O–H groups in total. The zero-order chi connectivity index (χ0) is 22.5. The van der Waals surface area contributed by atoms with Crippen LogP contribution < -0.4 is 16.4 Å². The first-order valence-corrected chi connectivity index (χ1v) is 11.7. The van der Waals surface area contributed by atoms with Crippen molar-refractivity contribution >= 4 is 17.7 Å². The van der Waals surface area contributed by atoms with E-state index in [2.05, 4.69) is 10.6 Å². The Morgan fingerprint density at radius 3 is 2.53 bits per heavy atom. The molecule has 2 aliphatic carbocycles. The normalized spacial score (nSPS) is 25.4. The molecular formula is C26H33N3O3. The lowest BCUT2D eigenvalue weighted by Gasteiger charge is -2.50. The fraction of sp³-hybridized carbons (Fsp3) is 0.462. The third kappa shape index (κ3) is 5.13. The molecule has 0 unspecified atom stereocenters. The van der Waals surface area contributed by atoms with Crippen LogP contribution in [0.4, 0.5) is 10.5 Å². The molecule has 0 aromatic heterocycles. The molecule has 2 amide bonds. The number of rotatable bonds is 6. The van der Waals surface area contributed by atoms with Crippen LogP contribution in [0.25, 0.3) is 0 Å². The van der Waals surface area contributed by atoms with E-state index in [9.17, 15) is 9.59 Å². The van der Waals surface area contributed by atoms with Crippen LogP contribution in [-0.4, -0.2) is 18.0 Å². The minimum absolute atomic E-state index is 0.0386. The lowest BCUT2D eigenvalue weighted by atomic mass is 9.58. The number of ether oxygens (including phenoxy) is 1. The topological polar surface area (TPSA) is 93.5 Å². The summed E-state index contributed by atoms with van der Waals surface area (Å²) in [5.41, 5.74) is 8.64. The van der Waals surface area contributed by atoms with Crippen LogP contribution in [0.1, 0.15) is 56.2 Å². The number of alkyl carbamates (subject to hydrolysis) is 1. The number of carbonyl (C=O) groups is 2. The van der Waals surface area contributed by atoms with Crippen LogP contribution in [0.15, 0.2) is 54.6 Å². The van der Waals surface area contributed by atoms with Crippen LogP contribution in [0.2, 0.25) is 0 Å². The Balaban J connectivity index is 1.42. The molecule has 0 saturated heterocycles. The van der Waals surface area contributed by atoms with Crippen LogP contribution in [0.5, 0.6) is 0 Å². The molecule has 6 heteroatoms. The van der Waals surface area contributed by atoms with Gasteiger partial charge in [0.05, 0.1) is 5.92 Å². The van der Waals surface area contributed by atoms with E-state index >= 15 is 0 Å². The van der Waals surface area contributed by atoms with Crippen LogP contribution in [0.3, 0.4) is 0 Å². The molecule has 2 aromatic rings. The molecule has 6 nitrogen and oxygen atoms in total. The summed E-state index contributed by atoms with van der Waals surface area (Å²) in [6.45, 7) is 2.14. The maximum absolute atomic E-state index is 13.3. The van der Waals surface area contributed by atoms with Gasteiger partial charge in [-0.3, -0.25) is 4.79 Å². The van der Waals surface area contributed by atoms with Gasteiger partial charge < -0.3 is 21.1 Å². The zero-order valence-electron chi connectivity index (χ0n) is 18.6. The second-order valence-corrected chi connectivity index (χ2v) is 9.13. The van der Waals surface area contributed by atoms with Crippen molar-refractivity contribution < 1.29 is 14.3 Å². The highest BCUT2D eigenvalue weighted by atomic mass is 16.5. The van der Waals surface area contributed by atoms with E-state index in [0.717, 1.165) is 42.5 Å². The van der Waals surface area contributed by atoms with Crippen molar-refractivity contribution in [2.75, 3.05) is 5.32 Å². The highest BCUT2D eigenvalue weighted by Gasteiger charge is 2.54. The van der Waals surface area contributed by atoms with E-state index in [0.29, 0.717) is 11.8 Å². The zero-order valence-corrected chi connectivity index (χ0v) is 18.6. The molecule has 4 rings (SSSR count). The molecule has 0 aliphatic heterocycles. The maximum atomic E-state index is 13.3. The summed E-state index contributed by atoms with van der Waals surface area (Å²) in [6, 6.07) is 17.0. The number of benzene rings is 2. The van der Waals surface area contributed by atoms with Gasteiger partial charge in [0.25, 0.3) is 0 Å². The SMILES string of the molecule is C[C@@H](N)c1cccc(NC(=O)[C@H]2[C@H]3CCCCC[C@H]3[C@H]2NC(=O)OCc2ccccc2)c1. The summed E-state index contributed by atoms with van der Waals surface area (Å²) in [5, 5.41) is 6.09. The largest absolute Gasteiger partial charge is 0.445 e. The summed E-state index contributed by atoms with van der Waals surface area (Å²) >= 11 is 0. The number of carbonyl (C=O) groups excluding carboxylic acids is 2. The molecule has 0 bridgehead atoms. The Morgan fingerprint density at radius 2 is 1.78 bits per heavy atom. The maximum Gasteiger partial charge on any atom is 0.407 e. The molecule has 5 atom stereocenters. The summed E-state index contributed by atoms with van der Waals surface area (Å²) in [4.78, 5) is 25.8. The highest BCUT2D eigenvalue weighted by Crippen LogP contribution is 2.49. The molecule has 2 aromatic carbocycles. The predicted octanol–water partition coefficient (Wildman–Crippen LogP) is 4.77. The fourth-order valence-electron chi connectivity index (χ4n) is 5.22. The molecule has 170 valence electrons. The van der Waals surface area contributed by atoms with Gasteiger partial charge in [-0.1, -0.05) is 61.7 Å². The fourth-order valence-corrected chi connectivity index (χ4v) is 5.22. The van der Waals surface area contributed by atoms with Gasteiger partial charge in [-0.25, -0.2) is 4.79 Å². The molecule has 2 fully saturated rings. The Labute approximate surface area is 189 Å². The summed E-state index contributed by atoms with van der Waals surface area (Å²) in [6.07, 6.45) is 5.07. The van der Waals surface area contributed by atoms with Gasteiger partial charge in [0.2, 0.25) is 5.91 Å². The van der Waals surface area contributed by atoms with E-state index in [1.54, 1.807) is 0 Å². The minimum Gasteiger partial charge on any atom is -0.445 e. The van der Waals surface area contributed by atoms with E-state index in [1.807, 2.05) is 61.5 Å². The van der Waals surface area contributed by atoms with Gasteiger partial charge in [-0.05, 0) is 54.9 Å². The predicted molar refractivity (Wildman–Crippen MR) is 125 cm³/mol. The standard InChI is InChI=1S/C26H33N3O3/c1-17(27)19-11-8-12-20(15-19)28-25(30)23-21-13-6-3-7-14-22(21)24(23)29-26(31)32-16-18-9-4-2-5-10-18/h2,4-5,8-12,15,17,21-24H,3,6-7,13-14,16,27H2,1H3,(H,28,30)(H,29,31)/t17-,21+,22-,23+,24-/m1/s1. The van der Waals surface area contributed by atoms with E-state index in [1.165, 1.54) is 6.42 Å². The first-order chi connectivity index (χ1) is 15.5. The van der Waals surface area contributed by atoms with E-state index in [4.69, 9.17) is 10.5 Å². The van der Waals surface area contributed by atoms with Gasteiger partial charge in [0.1, 0.15) is 6.61 Å². The Hall–Kier alpha value is -2.86. The van der Waals surface area contributed by atoms with E-state index in [-0.39, 0.29) is 30.5 Å². The number of hydrogen-bond donors (Lipinski definition) is 3. The highest BCUT2D eigenvalue weighted by molar-refractivity contribution is 5.94. The molecule has 0 radical (unpaired) electrons. The van der Waals surface area contributed by atoms with Crippen molar-refractivity contribution in [1.82, 2.24) is 5.32 Å². The van der Waals surface area contributed by atoms with Crippen molar-refractivity contribution in [3.05, 3.63) is 65.7 Å². The monoisotopic (exact) mass is 435 g/mol. The quantitative estimate of drug-likeness (QED) is 0.609. The average molecular weight is 436 g/mol. The number of nitrogens with two attached hydrogens (primary N) is 1. The van der Waals surface area contributed by atoms with Gasteiger partial charge in [-0.2, -0.15) is 0 Å². The number of hydrogen-bond acceptors (Lipinski definition) is 4. The number of fused-ring (bicyclic) bond motifs is 1. The first-order valence-electron chi connectivity index (χ1n) is 11.7. The van der Waals surface area contributed by atoms with Crippen LogP contribution in [0, 0.1) is 17.8 Å². The van der Waals surface area contributed by atoms with Gasteiger partial charge in [0, 0.05) is 17.8 Å². The van der Waals surface area contributed by atoms with E-state index < -0.39 is 6.09 Å². The van der Waals surface area contributed by atoms with Crippen molar-refractivity contribution in [2.24, 2.45) is 23.5 Å². The molecule has 32 heavy (non-hydrogen) atoms. The summed E-state index contributed by atoms with van der Waals surface area (Å²) in [7, 11) is 0. The second kappa shape index (κ2) is 10.2. The van der Waals surface area contributed by atoms with Gasteiger partial charge >= 0.3 is 6.09 Å². The second-order valence-electron chi connectivity index (χ2n) is 9.13. The summed E-state index contributed by atoms with van der Waals surface area (Å²) < 4.78 is 5.44. The number of amides is 2. The molecular weight excluding hydrogens is 402 g/mol. The lowest BCUT2D eigenvalue weighted by Crippen LogP contribution is -2.63. The van der Waals surface area contributed by atoms with Crippen molar-refractivity contribution in [2.45, 2.75) is 57.7 Å². The Bertz CT molecular complexity index is 931. The van der Waals surface area contributed by atoms with Crippen molar-refractivity contribution in [3.8, 4) is 0 Å². The smallest absolute Gasteiger partial charge is 0.407 e. The van der Waals surface area contributed by atoms with Crippen molar-refractivity contribution in [1.29, 1.82) is 0 Å². The number of nitrogens with one attached hydrogen (secondary N) is 2. The molecule has 2 saturated carbocycles. The molecule has 0 spiro atoms. The molecule has 0 heterocycles. The van der Waals surface area contributed by atoms with Crippen LogP contribution in [-0.2, 0) is 16.1 Å². The third-order valence-electron chi connectivity index (χ3n) is 6.91. The average Bonchev–Trinajstić information content (AvgIpc) is 2.99. The lowest BCUT2D eigenvalue weighted by molar-refractivity contribution is -0.131. The third-order valence-corrected chi connectivity index (χ3v) is 6.91. The minimum atomic E-state index is -0.460. The molecule has 2 aliphatic rings. The van der Waals surface area contributed by atoms with Gasteiger partial charge in [-0.15, -0.1) is 0 Å². The Morgan fingerprint density at radius 1 is 1.03 bits per heavy atom. The van der Waals surface area contributed by atoms with Gasteiger partial charge in [0.15, 0.2) is 0 Å². The Kier molecular flexibility index (Phi) is 7.10. The van der Waals surface area contributed by atoms with Crippen molar-refractivity contribution in [3.63, 3.8) is 0 Å². The summed E-state index contributed by atoms with van der Waals surface area (Å²) in [5.74, 6) is 0.339. The number of anilines is 1.